The maximum absolute atomic E-state index is 12.6. The fraction of sp³-hybridized carbons (Fsp3) is 0.353. The molecule has 0 aromatic carbocycles. The van der Waals surface area contributed by atoms with Crippen LogP contribution in [0.5, 0.6) is 0 Å². The summed E-state index contributed by atoms with van der Waals surface area (Å²) in [4.78, 5) is 13.8. The number of nitrogens with one attached hydrogen (secondary N) is 2. The first kappa shape index (κ1) is 22.4. The molecule has 0 aliphatic rings. The van der Waals surface area contributed by atoms with Crippen molar-refractivity contribution >= 4 is 33.6 Å². The van der Waals surface area contributed by atoms with E-state index in [1.165, 1.54) is 46.3 Å². The number of hydrogen-bond donors (Lipinski definition) is 2. The molecule has 0 atom stereocenters. The quantitative estimate of drug-likeness (QED) is 0.462. The normalized spacial score (nSPS) is 12.6. The number of thiazole rings is 2. The number of hydrogen-bond acceptors (Lipinski definition) is 7. The van der Waals surface area contributed by atoms with E-state index in [1.807, 2.05) is 19.2 Å². The van der Waals surface area contributed by atoms with Crippen LogP contribution in [0.1, 0.15) is 16.3 Å². The van der Waals surface area contributed by atoms with E-state index in [0.717, 1.165) is 21.3 Å². The first-order chi connectivity index (χ1) is 13.9. The van der Waals surface area contributed by atoms with Crippen molar-refractivity contribution < 1.29 is 26.3 Å². The highest BCUT2D eigenvalue weighted by molar-refractivity contribution is 7.16. The topological polar surface area (TPSA) is 62.7 Å². The third-order valence-electron chi connectivity index (χ3n) is 3.87. The van der Waals surface area contributed by atoms with Crippen molar-refractivity contribution in [3.63, 3.8) is 0 Å². The zero-order valence-electron chi connectivity index (χ0n) is 15.5. The average Bonchev–Trinajstić information content (AvgIpc) is 3.20. The van der Waals surface area contributed by atoms with E-state index in [0.29, 0.717) is 10.9 Å². The van der Waals surface area contributed by atoms with Gasteiger partial charge in [-0.15, -0.1) is 22.7 Å². The van der Waals surface area contributed by atoms with E-state index in [9.17, 15) is 26.3 Å². The fourth-order valence-electron chi connectivity index (χ4n) is 2.55. The summed E-state index contributed by atoms with van der Waals surface area (Å²) in [5.41, 5.74) is 1.81. The lowest BCUT2D eigenvalue weighted by atomic mass is 10.2. The van der Waals surface area contributed by atoms with Gasteiger partial charge in [0.15, 0.2) is 5.13 Å². The molecular weight excluding hydrogens is 452 g/mol. The van der Waals surface area contributed by atoms with E-state index in [4.69, 9.17) is 0 Å². The van der Waals surface area contributed by atoms with Gasteiger partial charge in [0.1, 0.15) is 5.82 Å². The van der Waals surface area contributed by atoms with E-state index in [1.54, 1.807) is 0 Å². The second-order valence-corrected chi connectivity index (χ2v) is 8.32. The summed E-state index contributed by atoms with van der Waals surface area (Å²) in [5, 5.41) is 7.78. The third kappa shape index (κ3) is 5.46. The molecule has 162 valence electrons. The molecular formula is C17H15F6N5S2. The molecule has 0 bridgehead atoms. The van der Waals surface area contributed by atoms with Gasteiger partial charge in [-0.25, -0.2) is 15.0 Å². The van der Waals surface area contributed by atoms with Gasteiger partial charge in [0.05, 0.1) is 21.3 Å². The van der Waals surface area contributed by atoms with Gasteiger partial charge in [0.25, 0.3) is 0 Å². The van der Waals surface area contributed by atoms with Crippen LogP contribution in [0.3, 0.4) is 0 Å². The number of halogens is 6. The summed E-state index contributed by atoms with van der Waals surface area (Å²) in [7, 11) is 0. The first-order valence-electron chi connectivity index (χ1n) is 8.42. The molecule has 0 saturated heterocycles. The standard InChI is InChI=1S/C17H15F6N5S2/c1-8-13(30-9(2)26-8)11-7-29-15(27-11)28-12-4-3-10(5-24-12)6-25-14(16(18,19)20)17(21,22)23/h3-5,7,14,25H,6H2,1-2H3,(H,24,27,28). The molecule has 2 N–H and O–H groups in total. The van der Waals surface area contributed by atoms with Crippen molar-refractivity contribution in [3.8, 4) is 10.6 Å². The van der Waals surface area contributed by atoms with Crippen molar-refractivity contribution in [1.29, 1.82) is 0 Å². The smallest absolute Gasteiger partial charge is 0.316 e. The van der Waals surface area contributed by atoms with Crippen LogP contribution in [0.25, 0.3) is 10.6 Å². The van der Waals surface area contributed by atoms with Gasteiger partial charge in [-0.1, -0.05) is 6.07 Å². The lowest BCUT2D eigenvalue weighted by Gasteiger charge is -2.23. The minimum absolute atomic E-state index is 0.176. The van der Waals surface area contributed by atoms with Crippen molar-refractivity contribution in [3.05, 3.63) is 40.0 Å². The average molecular weight is 467 g/mol. The Kier molecular flexibility index (Phi) is 6.34. The first-order valence-corrected chi connectivity index (χ1v) is 10.1. The molecule has 0 fully saturated rings. The lowest BCUT2D eigenvalue weighted by molar-refractivity contribution is -0.258. The van der Waals surface area contributed by atoms with Crippen LogP contribution in [0.15, 0.2) is 23.7 Å². The highest BCUT2D eigenvalue weighted by Gasteiger charge is 2.56. The number of rotatable bonds is 6. The lowest BCUT2D eigenvalue weighted by Crippen LogP contribution is -2.52. The van der Waals surface area contributed by atoms with E-state index < -0.39 is 24.9 Å². The SMILES string of the molecule is Cc1nc(C)c(-c2csc(Nc3ccc(CNC(C(F)(F)F)C(F)(F)F)cn3)n2)s1. The molecule has 3 rings (SSSR count). The van der Waals surface area contributed by atoms with E-state index >= 15 is 0 Å². The van der Waals surface area contributed by atoms with Gasteiger partial charge in [0, 0.05) is 18.1 Å². The van der Waals surface area contributed by atoms with Crippen LogP contribution < -0.4 is 10.6 Å². The Hall–Kier alpha value is -2.25. The van der Waals surface area contributed by atoms with Crippen LogP contribution in [-0.4, -0.2) is 33.3 Å². The Morgan fingerprint density at radius 1 is 1.03 bits per heavy atom. The van der Waals surface area contributed by atoms with Crippen LogP contribution in [-0.2, 0) is 6.54 Å². The Morgan fingerprint density at radius 2 is 1.73 bits per heavy atom. The summed E-state index contributed by atoms with van der Waals surface area (Å²) in [6, 6.07) is -0.761. The molecule has 0 unspecified atom stereocenters. The molecule has 0 amide bonds. The maximum atomic E-state index is 12.6. The number of alkyl halides is 6. The monoisotopic (exact) mass is 467 g/mol. The highest BCUT2D eigenvalue weighted by atomic mass is 32.1. The predicted octanol–water partition coefficient (Wildman–Crippen LogP) is 5.60. The van der Waals surface area contributed by atoms with Gasteiger partial charge < -0.3 is 5.32 Å². The van der Waals surface area contributed by atoms with Crippen molar-refractivity contribution in [1.82, 2.24) is 20.3 Å². The molecule has 0 aliphatic carbocycles. The van der Waals surface area contributed by atoms with Gasteiger partial charge in [-0.3, -0.25) is 5.32 Å². The molecule has 3 heterocycles. The zero-order valence-corrected chi connectivity index (χ0v) is 17.2. The largest absolute Gasteiger partial charge is 0.412 e. The van der Waals surface area contributed by atoms with Gasteiger partial charge >= 0.3 is 12.4 Å². The predicted molar refractivity (Wildman–Crippen MR) is 103 cm³/mol. The zero-order chi connectivity index (χ0) is 22.1. The second-order valence-electron chi connectivity index (χ2n) is 6.26. The van der Waals surface area contributed by atoms with Crippen LogP contribution in [0, 0.1) is 13.8 Å². The molecule has 30 heavy (non-hydrogen) atoms. The van der Waals surface area contributed by atoms with Crippen molar-refractivity contribution in [2.75, 3.05) is 5.32 Å². The van der Waals surface area contributed by atoms with Gasteiger partial charge in [0.2, 0.25) is 6.04 Å². The Labute approximate surface area is 175 Å². The van der Waals surface area contributed by atoms with E-state index in [-0.39, 0.29) is 5.56 Å². The maximum Gasteiger partial charge on any atom is 0.412 e. The van der Waals surface area contributed by atoms with Crippen molar-refractivity contribution in [2.24, 2.45) is 0 Å². The summed E-state index contributed by atoms with van der Waals surface area (Å²) in [6.45, 7) is 3.16. The second kappa shape index (κ2) is 8.47. The fourth-order valence-corrected chi connectivity index (χ4v) is 4.22. The molecule has 0 saturated carbocycles. The number of nitrogens with zero attached hydrogens (tertiary/aromatic N) is 3. The molecule has 5 nitrogen and oxygen atoms in total. The molecule has 13 heteroatoms. The molecule has 0 radical (unpaired) electrons. The van der Waals surface area contributed by atoms with Crippen molar-refractivity contribution in [2.45, 2.75) is 38.8 Å². The van der Waals surface area contributed by atoms with Gasteiger partial charge in [-0.05, 0) is 25.5 Å². The minimum atomic E-state index is -5.44. The van der Waals surface area contributed by atoms with Crippen LogP contribution in [0.4, 0.5) is 37.3 Å². The number of anilines is 2. The van der Waals surface area contributed by atoms with Crippen LogP contribution >= 0.6 is 22.7 Å². The number of aromatic nitrogens is 3. The van der Waals surface area contributed by atoms with Crippen LogP contribution in [0.2, 0.25) is 0 Å². The third-order valence-corrected chi connectivity index (χ3v) is 5.72. The summed E-state index contributed by atoms with van der Waals surface area (Å²) in [5.74, 6) is 0.361. The molecule has 3 aromatic heterocycles. The van der Waals surface area contributed by atoms with Gasteiger partial charge in [-0.2, -0.15) is 26.3 Å². The minimum Gasteiger partial charge on any atom is -0.316 e. The Balaban J connectivity index is 1.63. The summed E-state index contributed by atoms with van der Waals surface area (Å²) >= 11 is 2.86. The number of aryl methyl sites for hydroxylation is 2. The summed E-state index contributed by atoms with van der Waals surface area (Å²) < 4.78 is 75.4. The highest BCUT2D eigenvalue weighted by Crippen LogP contribution is 2.34. The Bertz CT molecular complexity index is 979. The van der Waals surface area contributed by atoms with E-state index in [2.05, 4.69) is 20.3 Å². The number of pyridine rings is 1. The molecule has 3 aromatic rings. The molecule has 0 spiro atoms. The molecule has 0 aliphatic heterocycles. The Morgan fingerprint density at radius 3 is 2.27 bits per heavy atom. The summed E-state index contributed by atoms with van der Waals surface area (Å²) in [6.07, 6.45) is -9.68.